The number of nitrogens with one attached hydrogen (secondary N) is 1. The molecule has 1 aliphatic carbocycles. The lowest BCUT2D eigenvalue weighted by atomic mass is 9.71. The van der Waals surface area contributed by atoms with Crippen molar-refractivity contribution in [2.24, 2.45) is 0 Å². The van der Waals surface area contributed by atoms with Crippen molar-refractivity contribution in [2.75, 3.05) is 7.11 Å². The van der Waals surface area contributed by atoms with Crippen LogP contribution in [0.3, 0.4) is 0 Å². The van der Waals surface area contributed by atoms with Gasteiger partial charge < -0.3 is 10.1 Å². The first-order chi connectivity index (χ1) is 13.6. The molecular formula is C24H24N2O2. The van der Waals surface area contributed by atoms with Crippen LogP contribution < -0.4 is 10.1 Å². The van der Waals surface area contributed by atoms with E-state index in [2.05, 4.69) is 41.5 Å². The second-order valence-electron chi connectivity index (χ2n) is 7.37. The number of carbonyl (C=O) groups excluding carboxylic acids is 1. The summed E-state index contributed by atoms with van der Waals surface area (Å²) in [5.74, 6) is 0.606. The molecule has 4 rings (SSSR count). The van der Waals surface area contributed by atoms with Crippen molar-refractivity contribution < 1.29 is 9.53 Å². The molecule has 2 aromatic carbocycles. The molecule has 1 heterocycles. The van der Waals surface area contributed by atoms with Crippen LogP contribution in [0.15, 0.2) is 66.9 Å². The molecule has 1 aliphatic rings. The van der Waals surface area contributed by atoms with Crippen molar-refractivity contribution in [3.05, 3.63) is 83.6 Å². The fraction of sp³-hybridized carbons (Fsp3) is 0.250. The van der Waals surface area contributed by atoms with E-state index in [1.807, 2.05) is 42.6 Å². The van der Waals surface area contributed by atoms with Gasteiger partial charge in [0, 0.05) is 23.4 Å². The maximum absolute atomic E-state index is 12.7. The Morgan fingerprint density at radius 3 is 2.36 bits per heavy atom. The van der Waals surface area contributed by atoms with Crippen LogP contribution in [0.25, 0.3) is 11.1 Å². The predicted octanol–water partition coefficient (Wildman–Crippen LogP) is 4.87. The summed E-state index contributed by atoms with van der Waals surface area (Å²) in [6.45, 7) is 2.06. The molecule has 142 valence electrons. The van der Waals surface area contributed by atoms with E-state index in [-0.39, 0.29) is 11.4 Å². The number of amides is 1. The van der Waals surface area contributed by atoms with Crippen LogP contribution in [-0.4, -0.2) is 18.0 Å². The van der Waals surface area contributed by atoms with E-state index in [0.29, 0.717) is 11.4 Å². The first-order valence-electron chi connectivity index (χ1n) is 9.60. The number of benzene rings is 2. The Morgan fingerprint density at radius 2 is 1.79 bits per heavy atom. The van der Waals surface area contributed by atoms with Gasteiger partial charge in [-0.2, -0.15) is 0 Å². The number of rotatable bonds is 5. The second kappa shape index (κ2) is 7.47. The molecule has 1 N–H and O–H groups in total. The van der Waals surface area contributed by atoms with E-state index in [1.165, 1.54) is 0 Å². The molecule has 4 nitrogen and oxygen atoms in total. The number of pyridine rings is 1. The fourth-order valence-corrected chi connectivity index (χ4v) is 3.81. The number of methoxy groups -OCH3 is 1. The van der Waals surface area contributed by atoms with Gasteiger partial charge in [-0.25, -0.2) is 4.98 Å². The Hall–Kier alpha value is -3.14. The van der Waals surface area contributed by atoms with E-state index >= 15 is 0 Å². The Labute approximate surface area is 165 Å². The standard InChI is InChI=1S/C24H24N2O2/c1-17-15-22(28-2)25-16-21(17)18-9-11-20(12-10-18)24(13-6-14-24)26-23(27)19-7-4-3-5-8-19/h3-5,7-12,15-16H,6,13-14H2,1-2H3,(H,26,27). The van der Waals surface area contributed by atoms with E-state index < -0.39 is 0 Å². The zero-order valence-electron chi connectivity index (χ0n) is 16.2. The first kappa shape index (κ1) is 18.2. The first-order valence-corrected chi connectivity index (χ1v) is 9.60. The number of ether oxygens (including phenoxy) is 1. The maximum Gasteiger partial charge on any atom is 0.251 e. The average Bonchev–Trinajstić information content (AvgIpc) is 2.71. The zero-order chi connectivity index (χ0) is 19.6. The summed E-state index contributed by atoms with van der Waals surface area (Å²) in [7, 11) is 1.62. The molecule has 0 saturated heterocycles. The van der Waals surface area contributed by atoms with Crippen molar-refractivity contribution in [2.45, 2.75) is 31.7 Å². The van der Waals surface area contributed by atoms with Gasteiger partial charge in [0.05, 0.1) is 12.6 Å². The third-order valence-corrected chi connectivity index (χ3v) is 5.64. The van der Waals surface area contributed by atoms with Gasteiger partial charge in [0.25, 0.3) is 5.91 Å². The van der Waals surface area contributed by atoms with Crippen molar-refractivity contribution in [3.8, 4) is 17.0 Å². The van der Waals surface area contributed by atoms with Crippen molar-refractivity contribution in [1.82, 2.24) is 10.3 Å². The summed E-state index contributed by atoms with van der Waals surface area (Å²) in [6, 6.07) is 19.8. The summed E-state index contributed by atoms with van der Waals surface area (Å²) < 4.78 is 5.19. The summed E-state index contributed by atoms with van der Waals surface area (Å²) >= 11 is 0. The van der Waals surface area contributed by atoms with E-state index in [1.54, 1.807) is 7.11 Å². The molecule has 0 bridgehead atoms. The lowest BCUT2D eigenvalue weighted by Crippen LogP contribution is -2.50. The molecule has 1 aromatic heterocycles. The lowest BCUT2D eigenvalue weighted by molar-refractivity contribution is 0.0823. The smallest absolute Gasteiger partial charge is 0.251 e. The van der Waals surface area contributed by atoms with E-state index in [9.17, 15) is 4.79 Å². The Morgan fingerprint density at radius 1 is 1.07 bits per heavy atom. The fourth-order valence-electron chi connectivity index (χ4n) is 3.81. The largest absolute Gasteiger partial charge is 0.481 e. The van der Waals surface area contributed by atoms with Crippen LogP contribution in [0.1, 0.15) is 40.7 Å². The summed E-state index contributed by atoms with van der Waals surface area (Å²) in [4.78, 5) is 17.0. The van der Waals surface area contributed by atoms with Gasteiger partial charge in [-0.15, -0.1) is 0 Å². The lowest BCUT2D eigenvalue weighted by Gasteiger charge is -2.43. The third kappa shape index (κ3) is 3.38. The topological polar surface area (TPSA) is 51.2 Å². The number of aromatic nitrogens is 1. The zero-order valence-corrected chi connectivity index (χ0v) is 16.2. The number of hydrogen-bond acceptors (Lipinski definition) is 3. The van der Waals surface area contributed by atoms with Crippen LogP contribution in [0.2, 0.25) is 0 Å². The number of hydrogen-bond donors (Lipinski definition) is 1. The number of carbonyl (C=O) groups is 1. The summed E-state index contributed by atoms with van der Waals surface area (Å²) in [6.07, 6.45) is 4.90. The van der Waals surface area contributed by atoms with E-state index in [4.69, 9.17) is 4.74 Å². The molecule has 0 aliphatic heterocycles. The van der Waals surface area contributed by atoms with E-state index in [0.717, 1.165) is 41.5 Å². The van der Waals surface area contributed by atoms with Crippen molar-refractivity contribution >= 4 is 5.91 Å². The van der Waals surface area contributed by atoms with Crippen LogP contribution in [-0.2, 0) is 5.54 Å². The molecule has 28 heavy (non-hydrogen) atoms. The van der Waals surface area contributed by atoms with Gasteiger partial charge in [0.15, 0.2) is 0 Å². The monoisotopic (exact) mass is 372 g/mol. The molecule has 0 unspecified atom stereocenters. The van der Waals surface area contributed by atoms with Crippen LogP contribution in [0, 0.1) is 6.92 Å². The highest BCUT2D eigenvalue weighted by atomic mass is 16.5. The van der Waals surface area contributed by atoms with Crippen molar-refractivity contribution in [3.63, 3.8) is 0 Å². The predicted molar refractivity (Wildman–Crippen MR) is 110 cm³/mol. The van der Waals surface area contributed by atoms with Gasteiger partial charge in [-0.1, -0.05) is 42.5 Å². The molecule has 1 amide bonds. The molecular weight excluding hydrogens is 348 g/mol. The second-order valence-corrected chi connectivity index (χ2v) is 7.37. The quantitative estimate of drug-likeness (QED) is 0.695. The molecule has 0 atom stereocenters. The highest BCUT2D eigenvalue weighted by molar-refractivity contribution is 5.94. The third-order valence-electron chi connectivity index (χ3n) is 5.64. The summed E-state index contributed by atoms with van der Waals surface area (Å²) in [5.41, 5.74) is 4.91. The normalized spacial score (nSPS) is 14.8. The van der Waals surface area contributed by atoms with Gasteiger partial charge in [0.1, 0.15) is 0 Å². The molecule has 1 saturated carbocycles. The highest BCUT2D eigenvalue weighted by Gasteiger charge is 2.40. The van der Waals surface area contributed by atoms with Crippen LogP contribution in [0.4, 0.5) is 0 Å². The Bertz CT molecular complexity index is 977. The Balaban J connectivity index is 1.58. The summed E-state index contributed by atoms with van der Waals surface area (Å²) in [5, 5.41) is 3.28. The molecule has 4 heteroatoms. The minimum atomic E-state index is -0.265. The van der Waals surface area contributed by atoms with Crippen molar-refractivity contribution in [1.29, 1.82) is 0 Å². The number of aryl methyl sites for hydroxylation is 1. The molecule has 0 spiro atoms. The Kier molecular flexibility index (Phi) is 4.86. The van der Waals surface area contributed by atoms with Crippen LogP contribution in [0.5, 0.6) is 5.88 Å². The average molecular weight is 372 g/mol. The molecule has 0 radical (unpaired) electrons. The van der Waals surface area contributed by atoms with Gasteiger partial charge in [0.2, 0.25) is 5.88 Å². The SMILES string of the molecule is COc1cc(C)c(-c2ccc(C3(NC(=O)c4ccccc4)CCC3)cc2)cn1. The van der Waals surface area contributed by atoms with Gasteiger partial charge >= 0.3 is 0 Å². The van der Waals surface area contributed by atoms with Gasteiger partial charge in [-0.05, 0) is 55.0 Å². The minimum absolute atomic E-state index is 0.0143. The molecule has 1 fully saturated rings. The number of nitrogens with zero attached hydrogens (tertiary/aromatic N) is 1. The minimum Gasteiger partial charge on any atom is -0.481 e. The highest BCUT2D eigenvalue weighted by Crippen LogP contribution is 2.42. The van der Waals surface area contributed by atoms with Crippen LogP contribution >= 0.6 is 0 Å². The van der Waals surface area contributed by atoms with Gasteiger partial charge in [-0.3, -0.25) is 4.79 Å². The molecule has 3 aromatic rings. The maximum atomic E-state index is 12.7.